The molecule has 16 heavy (non-hydrogen) atoms. The van der Waals surface area contributed by atoms with Gasteiger partial charge in [0.15, 0.2) is 0 Å². The number of hydrogen-bond donors (Lipinski definition) is 2. The lowest BCUT2D eigenvalue weighted by atomic mass is 9.98. The van der Waals surface area contributed by atoms with Crippen molar-refractivity contribution < 1.29 is 9.50 Å². The molecule has 3 heteroatoms. The fourth-order valence-corrected chi connectivity index (χ4v) is 1.84. The number of phenols is 1. The molecule has 0 saturated heterocycles. The smallest absolute Gasteiger partial charge is 0.130 e. The van der Waals surface area contributed by atoms with Crippen LogP contribution >= 0.6 is 0 Å². The number of aromatic nitrogens is 1. The largest absolute Gasteiger partial charge is 0.508 e. The van der Waals surface area contributed by atoms with E-state index in [0.717, 1.165) is 5.56 Å². The molecular weight excluding hydrogens is 205 g/mol. The van der Waals surface area contributed by atoms with Crippen molar-refractivity contribution in [1.29, 1.82) is 0 Å². The number of aromatic amines is 1. The summed E-state index contributed by atoms with van der Waals surface area (Å²) < 4.78 is 13.8. The predicted molar refractivity (Wildman–Crippen MR) is 61.9 cm³/mol. The van der Waals surface area contributed by atoms with Crippen LogP contribution in [-0.4, -0.2) is 10.1 Å². The van der Waals surface area contributed by atoms with Gasteiger partial charge in [0.2, 0.25) is 0 Å². The fourth-order valence-electron chi connectivity index (χ4n) is 1.84. The molecule has 0 amide bonds. The summed E-state index contributed by atoms with van der Waals surface area (Å²) in [6, 6.07) is 4.89. The highest BCUT2D eigenvalue weighted by molar-refractivity contribution is 5.65. The molecule has 1 heterocycles. The van der Waals surface area contributed by atoms with Gasteiger partial charge in [0.05, 0.1) is 0 Å². The minimum atomic E-state index is -0.355. The molecule has 0 fully saturated rings. The van der Waals surface area contributed by atoms with E-state index in [1.807, 2.05) is 19.9 Å². The maximum absolute atomic E-state index is 13.8. The van der Waals surface area contributed by atoms with Crippen molar-refractivity contribution in [2.24, 2.45) is 0 Å². The first-order valence-electron chi connectivity index (χ1n) is 5.25. The summed E-state index contributed by atoms with van der Waals surface area (Å²) in [6.45, 7) is 3.71. The Morgan fingerprint density at radius 2 is 2.00 bits per heavy atom. The average Bonchev–Trinajstić information content (AvgIpc) is 2.67. The van der Waals surface area contributed by atoms with Crippen molar-refractivity contribution in [3.05, 3.63) is 42.0 Å². The topological polar surface area (TPSA) is 36.0 Å². The van der Waals surface area contributed by atoms with Gasteiger partial charge in [-0.15, -0.1) is 0 Å². The number of benzene rings is 1. The van der Waals surface area contributed by atoms with Gasteiger partial charge < -0.3 is 10.1 Å². The fraction of sp³-hybridized carbons (Fsp3) is 0.231. The van der Waals surface area contributed by atoms with Crippen LogP contribution in [0.5, 0.6) is 5.75 Å². The Bertz CT molecular complexity index is 466. The third-order valence-electron chi connectivity index (χ3n) is 2.62. The van der Waals surface area contributed by atoms with E-state index in [1.165, 1.54) is 6.07 Å². The highest BCUT2D eigenvalue weighted by Crippen LogP contribution is 2.33. The van der Waals surface area contributed by atoms with Crippen molar-refractivity contribution in [1.82, 2.24) is 4.98 Å². The predicted octanol–water partition coefficient (Wildman–Crippen LogP) is 3.65. The molecule has 0 aliphatic heterocycles. The van der Waals surface area contributed by atoms with Crippen LogP contribution < -0.4 is 0 Å². The standard InChI is InChI=1S/C13H14FNO/c1-8(2)13-11(14)5-10(6-12(13)16)9-3-4-15-7-9/h3-8,15-16H,1-2H3. The Morgan fingerprint density at radius 3 is 2.50 bits per heavy atom. The number of phenolic OH excluding ortho intramolecular Hbond substituents is 1. The van der Waals surface area contributed by atoms with Crippen LogP contribution in [0.1, 0.15) is 25.3 Å². The quantitative estimate of drug-likeness (QED) is 0.794. The third-order valence-corrected chi connectivity index (χ3v) is 2.62. The van der Waals surface area contributed by atoms with Crippen molar-refractivity contribution in [2.75, 3.05) is 0 Å². The van der Waals surface area contributed by atoms with Crippen LogP contribution in [0.15, 0.2) is 30.6 Å². The van der Waals surface area contributed by atoms with Gasteiger partial charge >= 0.3 is 0 Å². The zero-order chi connectivity index (χ0) is 11.7. The third kappa shape index (κ3) is 1.81. The van der Waals surface area contributed by atoms with Crippen LogP contribution in [0.3, 0.4) is 0 Å². The molecule has 2 aromatic rings. The number of rotatable bonds is 2. The van der Waals surface area contributed by atoms with Gasteiger partial charge in [-0.1, -0.05) is 13.8 Å². The van der Waals surface area contributed by atoms with Gasteiger partial charge in [0.25, 0.3) is 0 Å². The molecule has 0 atom stereocenters. The van der Waals surface area contributed by atoms with E-state index >= 15 is 0 Å². The molecule has 0 radical (unpaired) electrons. The molecule has 1 aromatic heterocycles. The number of halogens is 1. The Labute approximate surface area is 93.8 Å². The highest BCUT2D eigenvalue weighted by atomic mass is 19.1. The molecule has 0 aliphatic carbocycles. The Kier molecular flexibility index (Phi) is 2.69. The van der Waals surface area contributed by atoms with Crippen LogP contribution in [0.25, 0.3) is 11.1 Å². The van der Waals surface area contributed by atoms with E-state index in [-0.39, 0.29) is 17.5 Å². The minimum Gasteiger partial charge on any atom is -0.508 e. The second-order valence-electron chi connectivity index (χ2n) is 4.15. The van der Waals surface area contributed by atoms with E-state index in [1.54, 1.807) is 18.5 Å². The molecule has 84 valence electrons. The number of H-pyrrole nitrogens is 1. The normalized spacial score (nSPS) is 11.0. The highest BCUT2D eigenvalue weighted by Gasteiger charge is 2.14. The first kappa shape index (κ1) is 10.7. The number of nitrogens with one attached hydrogen (secondary N) is 1. The minimum absolute atomic E-state index is 0.0196. The lowest BCUT2D eigenvalue weighted by Crippen LogP contribution is -1.94. The van der Waals surface area contributed by atoms with Gasteiger partial charge in [-0.2, -0.15) is 0 Å². The molecule has 2 nitrogen and oxygen atoms in total. The lowest BCUT2D eigenvalue weighted by Gasteiger charge is -2.11. The number of aromatic hydroxyl groups is 1. The Hall–Kier alpha value is -1.77. The maximum Gasteiger partial charge on any atom is 0.130 e. The van der Waals surface area contributed by atoms with E-state index in [4.69, 9.17) is 0 Å². The molecule has 2 N–H and O–H groups in total. The molecule has 1 aromatic carbocycles. The lowest BCUT2D eigenvalue weighted by molar-refractivity contribution is 0.454. The van der Waals surface area contributed by atoms with Crippen LogP contribution in [0.4, 0.5) is 4.39 Å². The average molecular weight is 219 g/mol. The van der Waals surface area contributed by atoms with Gasteiger partial charge in [0, 0.05) is 18.0 Å². The van der Waals surface area contributed by atoms with Crippen LogP contribution in [-0.2, 0) is 0 Å². The van der Waals surface area contributed by atoms with E-state index in [9.17, 15) is 9.50 Å². The van der Waals surface area contributed by atoms with Gasteiger partial charge in [0.1, 0.15) is 11.6 Å². The van der Waals surface area contributed by atoms with E-state index in [0.29, 0.717) is 11.1 Å². The molecule has 0 aliphatic rings. The van der Waals surface area contributed by atoms with Crippen molar-refractivity contribution in [3.8, 4) is 16.9 Å². The second-order valence-corrected chi connectivity index (χ2v) is 4.15. The molecule has 2 rings (SSSR count). The zero-order valence-corrected chi connectivity index (χ0v) is 9.29. The molecule has 0 bridgehead atoms. The Morgan fingerprint density at radius 1 is 1.25 bits per heavy atom. The Balaban J connectivity index is 2.53. The summed E-state index contributed by atoms with van der Waals surface area (Å²) in [5, 5.41) is 9.79. The maximum atomic E-state index is 13.8. The van der Waals surface area contributed by atoms with Crippen molar-refractivity contribution >= 4 is 0 Å². The van der Waals surface area contributed by atoms with E-state index < -0.39 is 0 Å². The number of hydrogen-bond acceptors (Lipinski definition) is 1. The molecule has 0 saturated carbocycles. The van der Waals surface area contributed by atoms with Crippen LogP contribution in [0.2, 0.25) is 0 Å². The molecular formula is C13H14FNO. The second kappa shape index (κ2) is 4.00. The molecule has 0 unspecified atom stereocenters. The summed E-state index contributed by atoms with van der Waals surface area (Å²) >= 11 is 0. The van der Waals surface area contributed by atoms with Gasteiger partial charge in [-0.25, -0.2) is 4.39 Å². The monoisotopic (exact) mass is 219 g/mol. The summed E-state index contributed by atoms with van der Waals surface area (Å²) in [5.74, 6) is -0.363. The summed E-state index contributed by atoms with van der Waals surface area (Å²) in [6.07, 6.45) is 3.53. The SMILES string of the molecule is CC(C)c1c(O)cc(-c2cc[nH]c2)cc1F. The summed E-state index contributed by atoms with van der Waals surface area (Å²) in [5.41, 5.74) is 1.92. The van der Waals surface area contributed by atoms with Gasteiger partial charge in [-0.3, -0.25) is 0 Å². The summed E-state index contributed by atoms with van der Waals surface area (Å²) in [4.78, 5) is 2.90. The first-order chi connectivity index (χ1) is 7.59. The first-order valence-corrected chi connectivity index (χ1v) is 5.25. The zero-order valence-electron chi connectivity index (χ0n) is 9.29. The summed E-state index contributed by atoms with van der Waals surface area (Å²) in [7, 11) is 0. The van der Waals surface area contributed by atoms with E-state index in [2.05, 4.69) is 4.98 Å². The van der Waals surface area contributed by atoms with Crippen molar-refractivity contribution in [3.63, 3.8) is 0 Å². The van der Waals surface area contributed by atoms with Crippen LogP contribution in [0, 0.1) is 5.82 Å². The molecule has 0 spiro atoms. The van der Waals surface area contributed by atoms with Gasteiger partial charge in [-0.05, 0) is 35.2 Å². The van der Waals surface area contributed by atoms with Crippen molar-refractivity contribution in [2.45, 2.75) is 19.8 Å².